The second-order valence-electron chi connectivity index (χ2n) is 5.47. The Balaban J connectivity index is 2.22. The maximum atomic E-state index is 13.5. The molecule has 1 aliphatic rings. The van der Waals surface area contributed by atoms with E-state index in [2.05, 4.69) is 17.6 Å². The van der Waals surface area contributed by atoms with Gasteiger partial charge in [-0.15, -0.1) is 0 Å². The fraction of sp³-hybridized carbons (Fsp3) is 0.412. The number of hydrogen-bond donors (Lipinski definition) is 2. The van der Waals surface area contributed by atoms with Crippen LogP contribution in [0.15, 0.2) is 35.5 Å². The number of hydrogen-bond acceptors (Lipinski definition) is 3. The molecule has 0 bridgehead atoms. The lowest BCUT2D eigenvalue weighted by atomic mass is 9.95. The van der Waals surface area contributed by atoms with E-state index >= 15 is 0 Å². The van der Waals surface area contributed by atoms with Gasteiger partial charge in [-0.05, 0) is 31.0 Å². The normalized spacial score (nSPS) is 17.5. The molecule has 0 aliphatic carbocycles. The molecule has 1 heterocycles. The summed E-state index contributed by atoms with van der Waals surface area (Å²) in [6, 6.07) is 4.66. The van der Waals surface area contributed by atoms with Crippen LogP contribution in [0.1, 0.15) is 44.7 Å². The van der Waals surface area contributed by atoms with Gasteiger partial charge in [0.15, 0.2) is 0 Å². The molecule has 1 unspecified atom stereocenters. The average Bonchev–Trinajstić information content (AvgIpc) is 2.50. The highest BCUT2D eigenvalue weighted by molar-refractivity contribution is 5.95. The second kappa shape index (κ2) is 7.76. The Morgan fingerprint density at radius 1 is 1.35 bits per heavy atom. The van der Waals surface area contributed by atoms with Crippen molar-refractivity contribution in [3.63, 3.8) is 0 Å². The van der Waals surface area contributed by atoms with Gasteiger partial charge in [0.05, 0.1) is 18.2 Å². The number of esters is 1. The maximum absolute atomic E-state index is 13.5. The molecule has 0 saturated heterocycles. The molecule has 1 aromatic rings. The number of benzene rings is 1. The molecule has 0 saturated carbocycles. The van der Waals surface area contributed by atoms with Gasteiger partial charge in [0.1, 0.15) is 5.82 Å². The van der Waals surface area contributed by atoms with Gasteiger partial charge in [-0.1, -0.05) is 31.9 Å². The lowest BCUT2D eigenvalue weighted by Gasteiger charge is -2.28. The van der Waals surface area contributed by atoms with E-state index in [1.165, 1.54) is 12.1 Å². The van der Waals surface area contributed by atoms with Gasteiger partial charge in [0, 0.05) is 5.70 Å². The maximum Gasteiger partial charge on any atom is 0.338 e. The fourth-order valence-corrected chi connectivity index (χ4v) is 2.50. The molecule has 1 aliphatic heterocycles. The van der Waals surface area contributed by atoms with Gasteiger partial charge >= 0.3 is 12.0 Å². The number of unbranched alkanes of at least 4 members (excludes halogenated alkanes) is 2. The first kappa shape index (κ1) is 17.0. The van der Waals surface area contributed by atoms with E-state index in [-0.39, 0.29) is 0 Å². The lowest BCUT2D eigenvalue weighted by molar-refractivity contribution is -0.139. The largest absolute Gasteiger partial charge is 0.462 e. The van der Waals surface area contributed by atoms with Crippen molar-refractivity contribution in [2.45, 2.75) is 39.2 Å². The predicted molar refractivity (Wildman–Crippen MR) is 84.0 cm³/mol. The molecule has 124 valence electrons. The molecule has 23 heavy (non-hydrogen) atoms. The van der Waals surface area contributed by atoms with Crippen molar-refractivity contribution in [1.29, 1.82) is 0 Å². The quantitative estimate of drug-likeness (QED) is 0.625. The van der Waals surface area contributed by atoms with Crippen LogP contribution >= 0.6 is 0 Å². The first-order valence-corrected chi connectivity index (χ1v) is 7.73. The molecule has 2 N–H and O–H groups in total. The molecule has 2 amide bonds. The van der Waals surface area contributed by atoms with Crippen molar-refractivity contribution >= 4 is 12.0 Å². The molecule has 5 nitrogen and oxygen atoms in total. The number of carbonyl (C=O) groups is 2. The van der Waals surface area contributed by atoms with Crippen LogP contribution in [-0.2, 0) is 9.53 Å². The zero-order valence-corrected chi connectivity index (χ0v) is 13.3. The number of ether oxygens (including phenoxy) is 1. The minimum atomic E-state index is -0.724. The van der Waals surface area contributed by atoms with Crippen LogP contribution in [0.5, 0.6) is 0 Å². The highest BCUT2D eigenvalue weighted by atomic mass is 19.1. The van der Waals surface area contributed by atoms with E-state index < -0.39 is 23.9 Å². The molecule has 0 aromatic heterocycles. The molecule has 0 fully saturated rings. The minimum Gasteiger partial charge on any atom is -0.462 e. The number of amides is 2. The first-order valence-electron chi connectivity index (χ1n) is 7.73. The number of nitrogens with one attached hydrogen (secondary N) is 2. The highest BCUT2D eigenvalue weighted by Crippen LogP contribution is 2.28. The molecular formula is C17H21FN2O3. The van der Waals surface area contributed by atoms with Crippen molar-refractivity contribution in [3.8, 4) is 0 Å². The van der Waals surface area contributed by atoms with Gasteiger partial charge < -0.3 is 15.4 Å². The summed E-state index contributed by atoms with van der Waals surface area (Å²) in [4.78, 5) is 24.1. The standard InChI is InChI=1S/C17H21FN2O3/c1-3-4-5-9-23-16(21)14-11(2)19-17(22)20-15(14)12-7-6-8-13(18)10-12/h6-8,10,15H,3-5,9H2,1-2H3,(H2,19,20,22). The summed E-state index contributed by atoms with van der Waals surface area (Å²) >= 11 is 0. The van der Waals surface area contributed by atoms with E-state index in [1.54, 1.807) is 19.1 Å². The lowest BCUT2D eigenvalue weighted by Crippen LogP contribution is -2.45. The number of rotatable bonds is 6. The van der Waals surface area contributed by atoms with Crippen LogP contribution < -0.4 is 10.6 Å². The Kier molecular flexibility index (Phi) is 5.73. The van der Waals surface area contributed by atoms with E-state index in [1.807, 2.05) is 0 Å². The van der Waals surface area contributed by atoms with Crippen molar-refractivity contribution in [1.82, 2.24) is 10.6 Å². The van der Waals surface area contributed by atoms with Crippen LogP contribution in [0.4, 0.5) is 9.18 Å². The summed E-state index contributed by atoms with van der Waals surface area (Å²) < 4.78 is 18.8. The monoisotopic (exact) mass is 320 g/mol. The molecular weight excluding hydrogens is 299 g/mol. The second-order valence-corrected chi connectivity index (χ2v) is 5.47. The zero-order chi connectivity index (χ0) is 16.8. The summed E-state index contributed by atoms with van der Waals surface area (Å²) in [5.74, 6) is -0.927. The summed E-state index contributed by atoms with van der Waals surface area (Å²) in [6.45, 7) is 4.02. The van der Waals surface area contributed by atoms with Gasteiger partial charge in [-0.3, -0.25) is 0 Å². The number of urea groups is 1. The SMILES string of the molecule is CCCCCOC(=O)C1=C(C)NC(=O)NC1c1cccc(F)c1. The number of allylic oxidation sites excluding steroid dienone is 1. The summed E-state index contributed by atoms with van der Waals surface area (Å²) in [5.41, 5.74) is 1.22. The molecule has 1 aromatic carbocycles. The number of carbonyl (C=O) groups excluding carboxylic acids is 2. The zero-order valence-electron chi connectivity index (χ0n) is 13.3. The van der Waals surface area contributed by atoms with Crippen molar-refractivity contribution in [2.24, 2.45) is 0 Å². The topological polar surface area (TPSA) is 67.4 Å². The van der Waals surface area contributed by atoms with Gasteiger partial charge in [0.2, 0.25) is 0 Å². The predicted octanol–water partition coefficient (Wildman–Crippen LogP) is 3.19. The van der Waals surface area contributed by atoms with Gasteiger partial charge in [-0.25, -0.2) is 14.0 Å². The van der Waals surface area contributed by atoms with E-state index in [4.69, 9.17) is 4.74 Å². The Morgan fingerprint density at radius 2 is 2.13 bits per heavy atom. The molecule has 0 radical (unpaired) electrons. The van der Waals surface area contributed by atoms with E-state index in [9.17, 15) is 14.0 Å². The molecule has 1 atom stereocenters. The van der Waals surface area contributed by atoms with Gasteiger partial charge in [0.25, 0.3) is 0 Å². The van der Waals surface area contributed by atoms with Crippen molar-refractivity contribution in [2.75, 3.05) is 6.61 Å². The van der Waals surface area contributed by atoms with Crippen LogP contribution in [-0.4, -0.2) is 18.6 Å². The molecule has 6 heteroatoms. The first-order chi connectivity index (χ1) is 11.0. The highest BCUT2D eigenvalue weighted by Gasteiger charge is 2.32. The number of halogens is 1. The smallest absolute Gasteiger partial charge is 0.338 e. The Morgan fingerprint density at radius 3 is 2.83 bits per heavy atom. The third kappa shape index (κ3) is 4.31. The van der Waals surface area contributed by atoms with Crippen LogP contribution in [0.2, 0.25) is 0 Å². The van der Waals surface area contributed by atoms with Crippen LogP contribution in [0, 0.1) is 5.82 Å². The third-order valence-electron chi connectivity index (χ3n) is 3.65. The minimum absolute atomic E-state index is 0.298. The van der Waals surface area contributed by atoms with Crippen LogP contribution in [0.3, 0.4) is 0 Å². The Labute approximate surface area is 134 Å². The summed E-state index contributed by atoms with van der Waals surface area (Å²) in [7, 11) is 0. The van der Waals surface area contributed by atoms with Crippen LogP contribution in [0.25, 0.3) is 0 Å². The summed E-state index contributed by atoms with van der Waals surface area (Å²) in [6.07, 6.45) is 2.80. The van der Waals surface area contributed by atoms with E-state index in [0.717, 1.165) is 19.3 Å². The Bertz CT molecular complexity index is 628. The van der Waals surface area contributed by atoms with Gasteiger partial charge in [-0.2, -0.15) is 0 Å². The Hall–Kier alpha value is -2.37. The van der Waals surface area contributed by atoms with Crippen molar-refractivity contribution < 1.29 is 18.7 Å². The molecule has 2 rings (SSSR count). The third-order valence-corrected chi connectivity index (χ3v) is 3.65. The average molecular weight is 320 g/mol. The van der Waals surface area contributed by atoms with E-state index in [0.29, 0.717) is 23.4 Å². The summed E-state index contributed by atoms with van der Waals surface area (Å²) in [5, 5.41) is 5.21. The fourth-order valence-electron chi connectivity index (χ4n) is 2.50. The molecule has 0 spiro atoms. The van der Waals surface area contributed by atoms with Crippen molar-refractivity contribution in [3.05, 3.63) is 46.9 Å².